The van der Waals surface area contributed by atoms with Gasteiger partial charge in [-0.2, -0.15) is 0 Å². The van der Waals surface area contributed by atoms with Crippen LogP contribution in [0.25, 0.3) is 0 Å². The quantitative estimate of drug-likeness (QED) is 0.500. The molecule has 0 saturated carbocycles. The number of benzene rings is 3. The van der Waals surface area contributed by atoms with Gasteiger partial charge in [-0.25, -0.2) is 4.79 Å². The minimum atomic E-state index is -0.975. The number of hydrogen-bond acceptors (Lipinski definition) is 3. The molecule has 3 rings (SSSR count). The summed E-state index contributed by atoms with van der Waals surface area (Å²) in [4.78, 5) is 25.4. The molecule has 0 heterocycles. The van der Waals surface area contributed by atoms with E-state index in [0.29, 0.717) is 16.7 Å². The Bertz CT molecular complexity index is 870. The van der Waals surface area contributed by atoms with Crippen molar-refractivity contribution in [3.63, 3.8) is 0 Å². The van der Waals surface area contributed by atoms with Crippen molar-refractivity contribution in [1.82, 2.24) is 0 Å². The van der Waals surface area contributed by atoms with Crippen LogP contribution in [0.4, 0.5) is 0 Å². The monoisotopic (exact) mass is 330 g/mol. The first-order valence-electron chi connectivity index (χ1n) is 8.07. The lowest BCUT2D eigenvalue weighted by molar-refractivity contribution is 0.0280. The topological polar surface area (TPSA) is 43.4 Å². The maximum atomic E-state index is 12.9. The highest BCUT2D eigenvalue weighted by molar-refractivity contribution is 6.02. The molecule has 3 aromatic carbocycles. The second-order valence-electron chi connectivity index (χ2n) is 5.80. The third kappa shape index (κ3) is 4.01. The zero-order chi connectivity index (χ0) is 17.6. The van der Waals surface area contributed by atoms with Crippen molar-refractivity contribution >= 4 is 11.8 Å². The summed E-state index contributed by atoms with van der Waals surface area (Å²) in [6.45, 7) is 1.90. The van der Waals surface area contributed by atoms with Gasteiger partial charge in [-0.1, -0.05) is 78.4 Å². The molecule has 0 saturated heterocycles. The van der Waals surface area contributed by atoms with E-state index in [-0.39, 0.29) is 5.78 Å². The number of aryl methyl sites for hydroxylation is 1. The molecule has 0 amide bonds. The maximum absolute atomic E-state index is 12.9. The SMILES string of the molecule is Cc1cccc(C(=O)O[C@H](C(=O)c2ccccc2)c2ccccc2)c1. The summed E-state index contributed by atoms with van der Waals surface area (Å²) in [5, 5.41) is 0. The van der Waals surface area contributed by atoms with Gasteiger partial charge in [0.1, 0.15) is 0 Å². The fourth-order valence-corrected chi connectivity index (χ4v) is 2.60. The Labute approximate surface area is 146 Å². The fourth-order valence-electron chi connectivity index (χ4n) is 2.60. The first-order chi connectivity index (χ1) is 12.1. The Morgan fingerprint density at radius 2 is 1.36 bits per heavy atom. The van der Waals surface area contributed by atoms with Gasteiger partial charge in [-0.15, -0.1) is 0 Å². The predicted molar refractivity (Wildman–Crippen MR) is 96.6 cm³/mol. The standard InChI is InChI=1S/C22H18O3/c1-16-9-8-14-19(15-16)22(24)25-21(18-12-6-3-7-13-18)20(23)17-10-4-2-5-11-17/h2-15,21H,1H3/t21-/m0/s1. The van der Waals surface area contributed by atoms with Crippen LogP contribution in [0.5, 0.6) is 0 Å². The molecule has 0 aliphatic heterocycles. The Kier molecular flexibility index (Phi) is 5.05. The molecular weight excluding hydrogens is 312 g/mol. The first-order valence-corrected chi connectivity index (χ1v) is 8.07. The molecule has 0 unspecified atom stereocenters. The predicted octanol–water partition coefficient (Wildman–Crippen LogP) is 4.78. The van der Waals surface area contributed by atoms with E-state index in [9.17, 15) is 9.59 Å². The highest BCUT2D eigenvalue weighted by atomic mass is 16.5. The van der Waals surface area contributed by atoms with Crippen LogP contribution < -0.4 is 0 Å². The average Bonchev–Trinajstić information content (AvgIpc) is 2.67. The van der Waals surface area contributed by atoms with E-state index in [2.05, 4.69) is 0 Å². The minimum absolute atomic E-state index is 0.243. The number of hydrogen-bond donors (Lipinski definition) is 0. The van der Waals surface area contributed by atoms with E-state index in [1.54, 1.807) is 54.6 Å². The molecule has 0 spiro atoms. The van der Waals surface area contributed by atoms with Crippen molar-refractivity contribution in [2.45, 2.75) is 13.0 Å². The molecule has 3 nitrogen and oxygen atoms in total. The second kappa shape index (κ2) is 7.58. The third-order valence-corrected chi connectivity index (χ3v) is 3.88. The van der Waals surface area contributed by atoms with Crippen molar-refractivity contribution in [3.05, 3.63) is 107 Å². The molecule has 1 atom stereocenters. The van der Waals surface area contributed by atoms with Crippen LogP contribution in [-0.4, -0.2) is 11.8 Å². The Morgan fingerprint density at radius 3 is 2.00 bits per heavy atom. The highest BCUT2D eigenvalue weighted by Crippen LogP contribution is 2.24. The largest absolute Gasteiger partial charge is 0.445 e. The number of ether oxygens (including phenoxy) is 1. The van der Waals surface area contributed by atoms with Crippen molar-refractivity contribution in [1.29, 1.82) is 0 Å². The van der Waals surface area contributed by atoms with Crippen molar-refractivity contribution < 1.29 is 14.3 Å². The van der Waals surface area contributed by atoms with E-state index in [1.807, 2.05) is 37.3 Å². The first kappa shape index (κ1) is 16.7. The number of esters is 1. The van der Waals surface area contributed by atoms with Crippen molar-refractivity contribution in [2.24, 2.45) is 0 Å². The highest BCUT2D eigenvalue weighted by Gasteiger charge is 2.26. The van der Waals surface area contributed by atoms with Gasteiger partial charge in [0.05, 0.1) is 5.56 Å². The molecule has 0 aromatic heterocycles. The van der Waals surface area contributed by atoms with Crippen LogP contribution in [-0.2, 0) is 4.74 Å². The number of ketones is 1. The Balaban J connectivity index is 1.92. The summed E-state index contributed by atoms with van der Waals surface area (Å²) in [6, 6.07) is 25.1. The van der Waals surface area contributed by atoms with Crippen LogP contribution in [0, 0.1) is 6.92 Å². The Hall–Kier alpha value is -3.20. The number of Topliss-reactive ketones (excluding diaryl/α,β-unsaturated/α-hetero) is 1. The lowest BCUT2D eigenvalue weighted by Crippen LogP contribution is -2.20. The number of rotatable bonds is 5. The molecular formula is C22H18O3. The van der Waals surface area contributed by atoms with E-state index in [4.69, 9.17) is 4.74 Å². The van der Waals surface area contributed by atoms with E-state index < -0.39 is 12.1 Å². The summed E-state index contributed by atoms with van der Waals surface area (Å²) in [5.74, 6) is -0.755. The Morgan fingerprint density at radius 1 is 0.760 bits per heavy atom. The molecule has 3 aromatic rings. The zero-order valence-corrected chi connectivity index (χ0v) is 13.9. The van der Waals surface area contributed by atoms with Crippen molar-refractivity contribution in [3.8, 4) is 0 Å². The summed E-state index contributed by atoms with van der Waals surface area (Å²) in [7, 11) is 0. The summed E-state index contributed by atoms with van der Waals surface area (Å²) in [6.07, 6.45) is -0.975. The van der Waals surface area contributed by atoms with E-state index in [0.717, 1.165) is 5.56 Å². The lowest BCUT2D eigenvalue weighted by Gasteiger charge is -2.17. The maximum Gasteiger partial charge on any atom is 0.339 e. The zero-order valence-electron chi connectivity index (χ0n) is 13.9. The minimum Gasteiger partial charge on any atom is -0.445 e. The van der Waals surface area contributed by atoms with Crippen molar-refractivity contribution in [2.75, 3.05) is 0 Å². The molecule has 0 fully saturated rings. The van der Waals surface area contributed by atoms with E-state index >= 15 is 0 Å². The average molecular weight is 330 g/mol. The van der Waals surface area contributed by atoms with Gasteiger partial charge in [0.15, 0.2) is 6.10 Å². The van der Waals surface area contributed by atoms with Gasteiger partial charge >= 0.3 is 5.97 Å². The fraction of sp³-hybridized carbons (Fsp3) is 0.0909. The van der Waals surface area contributed by atoms with Gasteiger partial charge in [0.2, 0.25) is 5.78 Å². The smallest absolute Gasteiger partial charge is 0.339 e. The summed E-state index contributed by atoms with van der Waals surface area (Å²) >= 11 is 0. The molecule has 3 heteroatoms. The van der Waals surface area contributed by atoms with Gasteiger partial charge < -0.3 is 4.74 Å². The van der Waals surface area contributed by atoms with Gasteiger partial charge in [0.25, 0.3) is 0 Å². The van der Waals surface area contributed by atoms with Crippen LogP contribution in [0.2, 0.25) is 0 Å². The summed E-state index contributed by atoms with van der Waals surface area (Å²) in [5.41, 5.74) is 2.55. The number of carbonyl (C=O) groups is 2. The van der Waals surface area contributed by atoms with Crippen LogP contribution in [0.1, 0.15) is 37.9 Å². The number of carbonyl (C=O) groups excluding carboxylic acids is 2. The molecule has 0 bridgehead atoms. The molecule has 0 radical (unpaired) electrons. The summed E-state index contributed by atoms with van der Waals surface area (Å²) < 4.78 is 5.61. The van der Waals surface area contributed by atoms with E-state index in [1.165, 1.54) is 0 Å². The van der Waals surface area contributed by atoms with Gasteiger partial charge in [0, 0.05) is 11.1 Å². The lowest BCUT2D eigenvalue weighted by atomic mass is 9.99. The molecule has 0 N–H and O–H groups in total. The molecule has 124 valence electrons. The van der Waals surface area contributed by atoms with Crippen LogP contribution in [0.15, 0.2) is 84.9 Å². The third-order valence-electron chi connectivity index (χ3n) is 3.88. The molecule has 25 heavy (non-hydrogen) atoms. The molecule has 0 aliphatic carbocycles. The van der Waals surface area contributed by atoms with Gasteiger partial charge in [-0.3, -0.25) is 4.79 Å². The van der Waals surface area contributed by atoms with Crippen LogP contribution in [0.3, 0.4) is 0 Å². The normalized spacial score (nSPS) is 11.6. The second-order valence-corrected chi connectivity index (χ2v) is 5.80. The van der Waals surface area contributed by atoms with Crippen LogP contribution >= 0.6 is 0 Å². The molecule has 0 aliphatic rings. The van der Waals surface area contributed by atoms with Gasteiger partial charge in [-0.05, 0) is 19.1 Å².